The van der Waals surface area contributed by atoms with Crippen LogP contribution in [0.15, 0.2) is 29.8 Å². The molecule has 2 fully saturated rings. The Labute approximate surface area is 141 Å². The second-order valence-electron chi connectivity index (χ2n) is 8.11. The summed E-state index contributed by atoms with van der Waals surface area (Å²) >= 11 is 0. The average Bonchev–Trinajstić information content (AvgIpc) is 2.91. The topological polar surface area (TPSA) is 9.23 Å². The zero-order valence-electron chi connectivity index (χ0n) is 14.9. The summed E-state index contributed by atoms with van der Waals surface area (Å²) in [6.45, 7) is 4.87. The van der Waals surface area contributed by atoms with Crippen LogP contribution in [0.25, 0.3) is 0 Å². The molecular weight excluding hydrogens is 280 g/mol. The van der Waals surface area contributed by atoms with Gasteiger partial charge in [-0.2, -0.15) is 0 Å². The highest BCUT2D eigenvalue weighted by Gasteiger charge is 2.52. The Morgan fingerprint density at radius 2 is 2.09 bits per heavy atom. The van der Waals surface area contributed by atoms with Crippen LogP contribution in [0.5, 0.6) is 5.75 Å². The zero-order chi connectivity index (χ0) is 16.0. The summed E-state index contributed by atoms with van der Waals surface area (Å²) in [5.41, 5.74) is 5.47. The van der Waals surface area contributed by atoms with Crippen molar-refractivity contribution in [1.82, 2.24) is 0 Å². The van der Waals surface area contributed by atoms with Gasteiger partial charge in [-0.1, -0.05) is 31.6 Å². The van der Waals surface area contributed by atoms with Gasteiger partial charge in [0.25, 0.3) is 0 Å². The Kier molecular flexibility index (Phi) is 3.78. The van der Waals surface area contributed by atoms with Crippen LogP contribution in [-0.2, 0) is 6.42 Å². The number of rotatable bonds is 2. The van der Waals surface area contributed by atoms with Gasteiger partial charge in [-0.05, 0) is 91.4 Å². The summed E-state index contributed by atoms with van der Waals surface area (Å²) < 4.78 is 5.44. The molecule has 0 radical (unpaired) electrons. The number of hydrogen-bond donors (Lipinski definition) is 0. The largest absolute Gasteiger partial charge is 0.497 e. The lowest BCUT2D eigenvalue weighted by Gasteiger charge is -2.49. The first kappa shape index (κ1) is 15.3. The molecule has 0 aromatic heterocycles. The predicted octanol–water partition coefficient (Wildman–Crippen LogP) is 5.89. The molecule has 1 aromatic carbocycles. The fourth-order valence-corrected chi connectivity index (χ4v) is 6.12. The highest BCUT2D eigenvalue weighted by atomic mass is 16.5. The molecule has 1 heteroatoms. The van der Waals surface area contributed by atoms with Crippen molar-refractivity contribution >= 4 is 0 Å². The van der Waals surface area contributed by atoms with Gasteiger partial charge in [-0.3, -0.25) is 0 Å². The van der Waals surface area contributed by atoms with E-state index in [2.05, 4.69) is 38.1 Å². The standard InChI is InChI=1S/C22H30O/c1-4-5-16-7-11-21-20-9-6-15-14-17(23-3)8-10-18(15)19(20)12-13-22(16,21)2/h5,8,10,14,19-21H,4,6-7,9,11-13H2,1-3H3/b16-5+/t19?,20?,21?,22-/m1/s1. The highest BCUT2D eigenvalue weighted by molar-refractivity contribution is 5.41. The van der Waals surface area contributed by atoms with Crippen LogP contribution in [0.4, 0.5) is 0 Å². The van der Waals surface area contributed by atoms with E-state index < -0.39 is 0 Å². The van der Waals surface area contributed by atoms with Crippen molar-refractivity contribution in [2.24, 2.45) is 17.3 Å². The second kappa shape index (κ2) is 5.69. The number of methoxy groups -OCH3 is 1. The van der Waals surface area contributed by atoms with Crippen LogP contribution in [0.3, 0.4) is 0 Å². The Morgan fingerprint density at radius 3 is 2.87 bits per heavy atom. The van der Waals surface area contributed by atoms with E-state index in [1.54, 1.807) is 23.8 Å². The molecule has 4 atom stereocenters. The lowest BCUT2D eigenvalue weighted by Crippen LogP contribution is -2.40. The van der Waals surface area contributed by atoms with Crippen LogP contribution in [-0.4, -0.2) is 7.11 Å². The van der Waals surface area contributed by atoms with Gasteiger partial charge in [0.2, 0.25) is 0 Å². The normalized spacial score (nSPS) is 37.2. The van der Waals surface area contributed by atoms with Gasteiger partial charge in [-0.25, -0.2) is 0 Å². The summed E-state index contributed by atoms with van der Waals surface area (Å²) in [6.07, 6.45) is 11.9. The fourth-order valence-electron chi connectivity index (χ4n) is 6.12. The van der Waals surface area contributed by atoms with Crippen molar-refractivity contribution in [3.8, 4) is 5.75 Å². The molecule has 3 aliphatic carbocycles. The molecular formula is C22H30O. The van der Waals surface area contributed by atoms with Crippen molar-refractivity contribution in [3.63, 3.8) is 0 Å². The number of hydrogen-bond acceptors (Lipinski definition) is 1. The van der Waals surface area contributed by atoms with Gasteiger partial charge in [0.05, 0.1) is 7.11 Å². The molecule has 0 N–H and O–H groups in total. The van der Waals surface area contributed by atoms with Crippen LogP contribution < -0.4 is 4.74 Å². The maximum absolute atomic E-state index is 5.44. The molecule has 0 aliphatic heterocycles. The Balaban J connectivity index is 1.66. The molecule has 2 saturated carbocycles. The maximum Gasteiger partial charge on any atom is 0.119 e. The van der Waals surface area contributed by atoms with Gasteiger partial charge in [0.1, 0.15) is 5.75 Å². The smallest absolute Gasteiger partial charge is 0.119 e. The monoisotopic (exact) mass is 310 g/mol. The van der Waals surface area contributed by atoms with E-state index in [1.807, 2.05) is 0 Å². The van der Waals surface area contributed by atoms with E-state index in [1.165, 1.54) is 44.9 Å². The van der Waals surface area contributed by atoms with Gasteiger partial charge in [0.15, 0.2) is 0 Å². The molecule has 1 aromatic rings. The first-order valence-electron chi connectivity index (χ1n) is 9.53. The number of benzene rings is 1. The van der Waals surface area contributed by atoms with Crippen molar-refractivity contribution in [2.75, 3.05) is 7.11 Å². The summed E-state index contributed by atoms with van der Waals surface area (Å²) in [5.74, 6) is 3.63. The number of fused-ring (bicyclic) bond motifs is 5. The lowest BCUT2D eigenvalue weighted by atomic mass is 9.55. The minimum atomic E-state index is 0.501. The van der Waals surface area contributed by atoms with Crippen molar-refractivity contribution in [1.29, 1.82) is 0 Å². The maximum atomic E-state index is 5.44. The summed E-state index contributed by atoms with van der Waals surface area (Å²) in [6, 6.07) is 6.83. The lowest BCUT2D eigenvalue weighted by molar-refractivity contribution is 0.0812. The molecule has 1 nitrogen and oxygen atoms in total. The Bertz CT molecular complexity index is 629. The van der Waals surface area contributed by atoms with E-state index in [0.717, 1.165) is 23.5 Å². The predicted molar refractivity (Wildman–Crippen MR) is 96.0 cm³/mol. The molecule has 4 rings (SSSR count). The number of ether oxygens (including phenoxy) is 1. The summed E-state index contributed by atoms with van der Waals surface area (Å²) in [5, 5.41) is 0. The molecule has 124 valence electrons. The zero-order valence-corrected chi connectivity index (χ0v) is 14.9. The minimum Gasteiger partial charge on any atom is -0.497 e. The van der Waals surface area contributed by atoms with E-state index in [4.69, 9.17) is 4.74 Å². The third kappa shape index (κ3) is 2.27. The number of aryl methyl sites for hydroxylation is 1. The van der Waals surface area contributed by atoms with Crippen molar-refractivity contribution in [3.05, 3.63) is 41.0 Å². The van der Waals surface area contributed by atoms with Crippen LogP contribution >= 0.6 is 0 Å². The first-order chi connectivity index (χ1) is 11.2. The molecule has 3 unspecified atom stereocenters. The van der Waals surface area contributed by atoms with Crippen molar-refractivity contribution < 1.29 is 4.74 Å². The third-order valence-corrected chi connectivity index (χ3v) is 7.23. The molecule has 23 heavy (non-hydrogen) atoms. The molecule has 0 heterocycles. The van der Waals surface area contributed by atoms with Gasteiger partial charge < -0.3 is 4.74 Å². The van der Waals surface area contributed by atoms with Crippen LogP contribution in [0, 0.1) is 17.3 Å². The van der Waals surface area contributed by atoms with Crippen molar-refractivity contribution in [2.45, 2.75) is 64.7 Å². The Morgan fingerprint density at radius 1 is 1.22 bits per heavy atom. The van der Waals surface area contributed by atoms with Crippen LogP contribution in [0.2, 0.25) is 0 Å². The average molecular weight is 310 g/mol. The van der Waals surface area contributed by atoms with Gasteiger partial charge in [-0.15, -0.1) is 0 Å². The van der Waals surface area contributed by atoms with E-state index in [9.17, 15) is 0 Å². The fraction of sp³-hybridized carbons (Fsp3) is 0.636. The van der Waals surface area contributed by atoms with E-state index in [0.29, 0.717) is 5.41 Å². The summed E-state index contributed by atoms with van der Waals surface area (Å²) in [4.78, 5) is 0. The van der Waals surface area contributed by atoms with Gasteiger partial charge >= 0.3 is 0 Å². The van der Waals surface area contributed by atoms with Crippen LogP contribution in [0.1, 0.15) is 69.4 Å². The third-order valence-electron chi connectivity index (χ3n) is 7.23. The van der Waals surface area contributed by atoms with E-state index in [-0.39, 0.29) is 0 Å². The first-order valence-corrected chi connectivity index (χ1v) is 9.53. The summed E-state index contributed by atoms with van der Waals surface area (Å²) in [7, 11) is 1.78. The van der Waals surface area contributed by atoms with E-state index >= 15 is 0 Å². The molecule has 0 bridgehead atoms. The molecule has 0 amide bonds. The minimum absolute atomic E-state index is 0.501. The molecule has 0 spiro atoms. The SMILES string of the molecule is CC/C=C1\CCC2C3CCc4cc(OC)ccc4C3CC[C@]12C. The highest BCUT2D eigenvalue weighted by Crippen LogP contribution is 2.62. The number of allylic oxidation sites excluding steroid dienone is 2. The molecule has 0 saturated heterocycles. The quantitative estimate of drug-likeness (QED) is 0.619. The Hall–Kier alpha value is -1.24. The second-order valence-corrected chi connectivity index (χ2v) is 8.11. The van der Waals surface area contributed by atoms with Gasteiger partial charge in [0, 0.05) is 0 Å². The molecule has 3 aliphatic rings.